The fourth-order valence-electron chi connectivity index (χ4n) is 2.70. The molecule has 4 nitrogen and oxygen atoms in total. The molecule has 0 spiro atoms. The monoisotopic (exact) mass is 288 g/mol. The van der Waals surface area contributed by atoms with Crippen molar-refractivity contribution in [2.45, 2.75) is 6.92 Å². The minimum atomic E-state index is 1.06. The highest BCUT2D eigenvalue weighted by Gasteiger charge is 2.03. The van der Waals surface area contributed by atoms with Crippen molar-refractivity contribution in [3.05, 3.63) is 66.6 Å². The Hall–Kier alpha value is -3.01. The predicted molar refractivity (Wildman–Crippen MR) is 90.3 cm³/mol. The Bertz CT molecular complexity index is 919. The molecule has 0 aliphatic rings. The lowest BCUT2D eigenvalue weighted by molar-refractivity contribution is 1.09. The lowest BCUT2D eigenvalue weighted by Gasteiger charge is -2.08. The number of rotatable bonds is 3. The average Bonchev–Trinajstić information content (AvgIpc) is 3.15. The molecular formula is C18H16N4. The second-order valence-corrected chi connectivity index (χ2v) is 5.45. The normalized spacial score (nSPS) is 11.0. The molecule has 2 aromatic carbocycles. The molecule has 0 saturated carbocycles. The topological polar surface area (TPSA) is 56.5 Å². The summed E-state index contributed by atoms with van der Waals surface area (Å²) < 4.78 is 0. The minimum Gasteiger partial charge on any atom is -0.359 e. The van der Waals surface area contributed by atoms with Crippen LogP contribution in [0.3, 0.4) is 0 Å². The van der Waals surface area contributed by atoms with Crippen LogP contribution in [-0.4, -0.2) is 15.2 Å². The number of nitrogens with zero attached hydrogens (tertiary/aromatic N) is 1. The minimum absolute atomic E-state index is 1.06. The van der Waals surface area contributed by atoms with Gasteiger partial charge in [-0.15, -0.1) is 0 Å². The van der Waals surface area contributed by atoms with E-state index >= 15 is 0 Å². The first-order chi connectivity index (χ1) is 10.8. The van der Waals surface area contributed by atoms with Gasteiger partial charge in [-0.2, -0.15) is 5.10 Å². The lowest BCUT2D eigenvalue weighted by Crippen LogP contribution is -1.90. The van der Waals surface area contributed by atoms with Crippen LogP contribution in [0.1, 0.15) is 5.69 Å². The maximum absolute atomic E-state index is 4.00. The molecule has 4 aromatic rings. The number of benzene rings is 2. The molecule has 3 N–H and O–H groups in total. The van der Waals surface area contributed by atoms with Crippen molar-refractivity contribution >= 4 is 22.3 Å². The maximum Gasteiger partial charge on any atom is 0.0565 e. The van der Waals surface area contributed by atoms with Crippen LogP contribution in [0.2, 0.25) is 0 Å². The third-order valence-electron chi connectivity index (χ3n) is 3.74. The molecule has 22 heavy (non-hydrogen) atoms. The zero-order chi connectivity index (χ0) is 14.9. The summed E-state index contributed by atoms with van der Waals surface area (Å²) in [7, 11) is 0. The van der Waals surface area contributed by atoms with Crippen LogP contribution in [-0.2, 0) is 0 Å². The summed E-state index contributed by atoms with van der Waals surface area (Å²) in [4.78, 5) is 3.37. The molecule has 0 amide bonds. The summed E-state index contributed by atoms with van der Waals surface area (Å²) in [6.45, 7) is 2.07. The van der Waals surface area contributed by atoms with E-state index < -0.39 is 0 Å². The highest BCUT2D eigenvalue weighted by Crippen LogP contribution is 2.26. The van der Waals surface area contributed by atoms with E-state index in [2.05, 4.69) is 69.9 Å². The third kappa shape index (κ3) is 2.35. The molecular weight excluding hydrogens is 272 g/mol. The lowest BCUT2D eigenvalue weighted by atomic mass is 10.1. The average molecular weight is 288 g/mol. The van der Waals surface area contributed by atoms with Gasteiger partial charge in [-0.1, -0.05) is 18.2 Å². The molecule has 0 aliphatic carbocycles. The van der Waals surface area contributed by atoms with Crippen molar-refractivity contribution in [1.82, 2.24) is 15.2 Å². The fourth-order valence-corrected chi connectivity index (χ4v) is 2.70. The fraction of sp³-hybridized carbons (Fsp3) is 0.0556. The molecule has 0 bridgehead atoms. The van der Waals surface area contributed by atoms with Gasteiger partial charge >= 0.3 is 0 Å². The van der Waals surface area contributed by atoms with Crippen molar-refractivity contribution in [3.63, 3.8) is 0 Å². The Balaban J connectivity index is 1.65. The number of aromatic nitrogens is 3. The van der Waals surface area contributed by atoms with Crippen molar-refractivity contribution in [1.29, 1.82) is 0 Å². The zero-order valence-corrected chi connectivity index (χ0v) is 12.2. The summed E-state index contributed by atoms with van der Waals surface area (Å²) in [6.07, 6.45) is 3.72. The number of hydrogen-bond donors (Lipinski definition) is 3. The second kappa shape index (κ2) is 5.07. The van der Waals surface area contributed by atoms with Gasteiger partial charge in [-0.05, 0) is 48.2 Å². The van der Waals surface area contributed by atoms with E-state index in [1.54, 1.807) is 0 Å². The largest absolute Gasteiger partial charge is 0.359 e. The van der Waals surface area contributed by atoms with Gasteiger partial charge < -0.3 is 10.3 Å². The third-order valence-corrected chi connectivity index (χ3v) is 3.74. The molecule has 4 heteroatoms. The molecule has 0 aliphatic heterocycles. The van der Waals surface area contributed by atoms with Crippen LogP contribution in [0.15, 0.2) is 60.9 Å². The van der Waals surface area contributed by atoms with Gasteiger partial charge in [0.25, 0.3) is 0 Å². The Kier molecular flexibility index (Phi) is 2.93. The number of hydrogen-bond acceptors (Lipinski definition) is 2. The molecule has 0 saturated heterocycles. The van der Waals surface area contributed by atoms with E-state index in [-0.39, 0.29) is 0 Å². The van der Waals surface area contributed by atoms with Crippen molar-refractivity contribution < 1.29 is 0 Å². The van der Waals surface area contributed by atoms with Crippen molar-refractivity contribution in [2.75, 3.05) is 5.32 Å². The van der Waals surface area contributed by atoms with Gasteiger partial charge in [0.1, 0.15) is 0 Å². The first-order valence-corrected chi connectivity index (χ1v) is 7.23. The zero-order valence-electron chi connectivity index (χ0n) is 12.2. The number of nitrogens with one attached hydrogen (secondary N) is 3. The van der Waals surface area contributed by atoms with Gasteiger partial charge in [0.2, 0.25) is 0 Å². The smallest absolute Gasteiger partial charge is 0.0565 e. The highest BCUT2D eigenvalue weighted by atomic mass is 15.1. The number of aryl methyl sites for hydroxylation is 1. The standard InChI is InChI=1S/C18H16N4/c1-12-7-14-5-6-17(9-18(14)21-12)22-16-4-2-3-13(8-16)15-10-19-20-11-15/h2-11,21-22H,1H3,(H,19,20). The Labute approximate surface area is 128 Å². The summed E-state index contributed by atoms with van der Waals surface area (Å²) in [5.74, 6) is 0. The van der Waals surface area contributed by atoms with Gasteiger partial charge in [0.05, 0.1) is 6.20 Å². The summed E-state index contributed by atoms with van der Waals surface area (Å²) >= 11 is 0. The number of fused-ring (bicyclic) bond motifs is 1. The summed E-state index contributed by atoms with van der Waals surface area (Å²) in [5.41, 5.74) is 6.66. The van der Waals surface area contributed by atoms with Crippen LogP contribution in [0, 0.1) is 6.92 Å². The van der Waals surface area contributed by atoms with Gasteiger partial charge in [-0.25, -0.2) is 0 Å². The quantitative estimate of drug-likeness (QED) is 0.515. The van der Waals surface area contributed by atoms with Crippen LogP contribution < -0.4 is 5.32 Å². The number of anilines is 2. The van der Waals surface area contributed by atoms with Crippen molar-refractivity contribution in [3.8, 4) is 11.1 Å². The predicted octanol–water partition coefficient (Wildman–Crippen LogP) is 4.61. The van der Waals surface area contributed by atoms with Gasteiger partial charge in [0.15, 0.2) is 0 Å². The Morgan fingerprint density at radius 3 is 2.73 bits per heavy atom. The van der Waals surface area contributed by atoms with E-state index in [4.69, 9.17) is 0 Å². The maximum atomic E-state index is 4.00. The van der Waals surface area contributed by atoms with E-state index in [0.717, 1.165) is 28.0 Å². The van der Waals surface area contributed by atoms with E-state index in [1.165, 1.54) is 11.1 Å². The highest BCUT2D eigenvalue weighted by molar-refractivity contribution is 5.85. The molecule has 0 fully saturated rings. The van der Waals surface area contributed by atoms with Gasteiger partial charge in [-0.3, -0.25) is 5.10 Å². The SMILES string of the molecule is Cc1cc2ccc(Nc3cccc(-c4cn[nH]c4)c3)cc2[nH]1. The molecule has 2 aromatic heterocycles. The van der Waals surface area contributed by atoms with Crippen molar-refractivity contribution in [2.24, 2.45) is 0 Å². The first-order valence-electron chi connectivity index (χ1n) is 7.23. The Morgan fingerprint density at radius 2 is 1.86 bits per heavy atom. The van der Waals surface area contributed by atoms with Gasteiger partial charge in [0, 0.05) is 34.3 Å². The summed E-state index contributed by atoms with van der Waals surface area (Å²) in [5, 5.41) is 11.5. The molecule has 0 atom stereocenters. The number of aromatic amines is 2. The molecule has 0 unspecified atom stereocenters. The molecule has 2 heterocycles. The number of H-pyrrole nitrogens is 2. The first kappa shape index (κ1) is 12.7. The van der Waals surface area contributed by atoms with Crippen LogP contribution in [0.25, 0.3) is 22.0 Å². The van der Waals surface area contributed by atoms with E-state index in [9.17, 15) is 0 Å². The summed E-state index contributed by atoms with van der Waals surface area (Å²) in [6, 6.07) is 16.8. The molecule has 0 radical (unpaired) electrons. The molecule has 108 valence electrons. The van der Waals surface area contributed by atoms with E-state index in [1.807, 2.05) is 18.5 Å². The van der Waals surface area contributed by atoms with Crippen LogP contribution in [0.4, 0.5) is 11.4 Å². The molecule has 4 rings (SSSR count). The Morgan fingerprint density at radius 1 is 0.955 bits per heavy atom. The van der Waals surface area contributed by atoms with Crippen LogP contribution in [0.5, 0.6) is 0 Å². The van der Waals surface area contributed by atoms with E-state index in [0.29, 0.717) is 0 Å². The second-order valence-electron chi connectivity index (χ2n) is 5.45. The van der Waals surface area contributed by atoms with Crippen LogP contribution >= 0.6 is 0 Å².